The summed E-state index contributed by atoms with van der Waals surface area (Å²) in [7, 11) is 0. The minimum atomic E-state index is -0.459. The van der Waals surface area contributed by atoms with Crippen molar-refractivity contribution in [3.8, 4) is 0 Å². The van der Waals surface area contributed by atoms with Gasteiger partial charge in [0.05, 0.1) is 12.1 Å². The Morgan fingerprint density at radius 1 is 1.50 bits per heavy atom. The lowest BCUT2D eigenvalue weighted by Crippen LogP contribution is -2.21. The zero-order valence-electron chi connectivity index (χ0n) is 9.95. The van der Waals surface area contributed by atoms with Crippen molar-refractivity contribution < 1.29 is 14.3 Å². The molecule has 1 heterocycles. The van der Waals surface area contributed by atoms with Crippen LogP contribution >= 0.6 is 0 Å². The third-order valence-electron chi connectivity index (χ3n) is 2.38. The number of ketones is 1. The van der Waals surface area contributed by atoms with E-state index in [4.69, 9.17) is 4.74 Å². The molecule has 1 rings (SSSR count). The fourth-order valence-corrected chi connectivity index (χ4v) is 1.54. The number of hydrogen-bond acceptors (Lipinski definition) is 4. The molecule has 16 heavy (non-hydrogen) atoms. The number of carbonyl (C=O) groups is 2. The highest BCUT2D eigenvalue weighted by atomic mass is 16.5. The molecule has 4 heteroatoms. The highest BCUT2D eigenvalue weighted by Crippen LogP contribution is 2.22. The molecule has 1 atom stereocenters. The fourth-order valence-electron chi connectivity index (χ4n) is 1.54. The van der Waals surface area contributed by atoms with Gasteiger partial charge in [-0.1, -0.05) is 6.08 Å². The summed E-state index contributed by atoms with van der Waals surface area (Å²) in [5.41, 5.74) is 0.721. The van der Waals surface area contributed by atoms with Crippen molar-refractivity contribution >= 4 is 17.5 Å². The average Bonchev–Trinajstić information content (AvgIpc) is 2.45. The first kappa shape index (κ1) is 12.6. The van der Waals surface area contributed by atoms with Gasteiger partial charge < -0.3 is 4.74 Å². The predicted octanol–water partition coefficient (Wildman–Crippen LogP) is 1.69. The number of ether oxygens (including phenoxy) is 1. The largest absolute Gasteiger partial charge is 0.465 e. The van der Waals surface area contributed by atoms with Crippen LogP contribution in [-0.4, -0.2) is 29.6 Å². The van der Waals surface area contributed by atoms with Crippen molar-refractivity contribution in [2.24, 2.45) is 4.99 Å². The van der Waals surface area contributed by atoms with Crippen molar-refractivity contribution in [1.82, 2.24) is 0 Å². The van der Waals surface area contributed by atoms with Gasteiger partial charge in [0, 0.05) is 12.1 Å². The van der Waals surface area contributed by atoms with Gasteiger partial charge in [0.15, 0.2) is 0 Å². The molecular weight excluding hydrogens is 206 g/mol. The molecule has 88 valence electrons. The number of hydrogen-bond donors (Lipinski definition) is 0. The Hall–Kier alpha value is -1.45. The second-order valence-electron chi connectivity index (χ2n) is 4.29. The Morgan fingerprint density at radius 3 is 2.69 bits per heavy atom. The summed E-state index contributed by atoms with van der Waals surface area (Å²) in [6.45, 7) is 5.59. The molecule has 0 aromatic carbocycles. The quantitative estimate of drug-likeness (QED) is 0.526. The Labute approximate surface area is 95.4 Å². The Balaban J connectivity index is 2.29. The topological polar surface area (TPSA) is 55.7 Å². The number of nitrogens with zero attached hydrogens (tertiary/aromatic N) is 1. The SMILES string of the molecule is CC(=O)CC(=O)OCCC1(C)C=CC(C)=N1. The summed E-state index contributed by atoms with van der Waals surface area (Å²) in [4.78, 5) is 26.2. The lowest BCUT2D eigenvalue weighted by Gasteiger charge is -2.17. The van der Waals surface area contributed by atoms with E-state index in [0.717, 1.165) is 5.71 Å². The van der Waals surface area contributed by atoms with Gasteiger partial charge in [0.25, 0.3) is 0 Å². The van der Waals surface area contributed by atoms with Crippen LogP contribution in [0.25, 0.3) is 0 Å². The van der Waals surface area contributed by atoms with E-state index < -0.39 is 5.97 Å². The van der Waals surface area contributed by atoms with Crippen molar-refractivity contribution in [3.63, 3.8) is 0 Å². The summed E-state index contributed by atoms with van der Waals surface area (Å²) in [6.07, 6.45) is 4.46. The first-order chi connectivity index (χ1) is 7.41. The molecule has 0 saturated carbocycles. The van der Waals surface area contributed by atoms with Gasteiger partial charge in [-0.2, -0.15) is 0 Å². The molecule has 0 aliphatic carbocycles. The first-order valence-electron chi connectivity index (χ1n) is 5.32. The second kappa shape index (κ2) is 5.05. The van der Waals surface area contributed by atoms with E-state index in [1.54, 1.807) is 0 Å². The van der Waals surface area contributed by atoms with Crippen LogP contribution in [0.1, 0.15) is 33.6 Å². The molecule has 0 N–H and O–H groups in total. The molecule has 0 aromatic heterocycles. The predicted molar refractivity (Wildman–Crippen MR) is 61.5 cm³/mol. The number of Topliss-reactive ketones (excluding diaryl/α,β-unsaturated/α-hetero) is 1. The van der Waals surface area contributed by atoms with Crippen molar-refractivity contribution in [2.45, 2.75) is 39.2 Å². The van der Waals surface area contributed by atoms with E-state index in [2.05, 4.69) is 4.99 Å². The molecule has 0 bridgehead atoms. The smallest absolute Gasteiger partial charge is 0.313 e. The van der Waals surface area contributed by atoms with Crippen molar-refractivity contribution in [2.75, 3.05) is 6.61 Å². The number of allylic oxidation sites excluding steroid dienone is 1. The van der Waals surface area contributed by atoms with Crippen LogP contribution in [0.2, 0.25) is 0 Å². The molecule has 4 nitrogen and oxygen atoms in total. The fraction of sp³-hybridized carbons (Fsp3) is 0.583. The van der Waals surface area contributed by atoms with Gasteiger partial charge in [0.2, 0.25) is 0 Å². The standard InChI is InChI=1S/C12H17NO3/c1-9-4-5-12(3,13-9)6-7-16-11(15)8-10(2)14/h4-5H,6-8H2,1-3H3. The van der Waals surface area contributed by atoms with Crippen molar-refractivity contribution in [1.29, 1.82) is 0 Å². The molecule has 0 spiro atoms. The molecule has 1 unspecified atom stereocenters. The van der Waals surface area contributed by atoms with Gasteiger partial charge in [-0.25, -0.2) is 0 Å². The third-order valence-corrected chi connectivity index (χ3v) is 2.38. The third kappa shape index (κ3) is 3.96. The molecule has 1 aliphatic rings. The summed E-state index contributed by atoms with van der Waals surface area (Å²) in [5, 5.41) is 0. The van der Waals surface area contributed by atoms with E-state index in [0.29, 0.717) is 13.0 Å². The van der Waals surface area contributed by atoms with Gasteiger partial charge >= 0.3 is 5.97 Å². The zero-order chi connectivity index (χ0) is 12.2. The Bertz CT molecular complexity index is 357. The maximum absolute atomic E-state index is 11.1. The second-order valence-corrected chi connectivity index (χ2v) is 4.29. The van der Waals surface area contributed by atoms with Gasteiger partial charge in [-0.3, -0.25) is 14.6 Å². The molecule has 1 aliphatic heterocycles. The van der Waals surface area contributed by atoms with Gasteiger partial charge in [-0.05, 0) is 26.8 Å². The van der Waals surface area contributed by atoms with Crippen LogP contribution in [-0.2, 0) is 14.3 Å². The number of carbonyl (C=O) groups excluding carboxylic acids is 2. The van der Waals surface area contributed by atoms with Crippen LogP contribution in [0.3, 0.4) is 0 Å². The van der Waals surface area contributed by atoms with Crippen LogP contribution in [0.4, 0.5) is 0 Å². The molecule has 0 amide bonds. The summed E-state index contributed by atoms with van der Waals surface area (Å²) in [6, 6.07) is 0. The van der Waals surface area contributed by atoms with Crippen LogP contribution in [0.5, 0.6) is 0 Å². The zero-order valence-corrected chi connectivity index (χ0v) is 9.95. The molecule has 0 aromatic rings. The highest BCUT2D eigenvalue weighted by molar-refractivity contribution is 5.95. The van der Waals surface area contributed by atoms with Crippen LogP contribution < -0.4 is 0 Å². The number of esters is 1. The minimum absolute atomic E-state index is 0.144. The minimum Gasteiger partial charge on any atom is -0.465 e. The first-order valence-corrected chi connectivity index (χ1v) is 5.32. The number of rotatable bonds is 5. The van der Waals surface area contributed by atoms with E-state index >= 15 is 0 Å². The average molecular weight is 223 g/mol. The Kier molecular flexibility index (Phi) is 3.99. The molecule has 0 fully saturated rings. The normalized spacial score (nSPS) is 23.1. The van der Waals surface area contributed by atoms with E-state index in [1.807, 2.05) is 26.0 Å². The highest BCUT2D eigenvalue weighted by Gasteiger charge is 2.23. The van der Waals surface area contributed by atoms with Crippen LogP contribution in [0.15, 0.2) is 17.1 Å². The molecule has 0 radical (unpaired) electrons. The van der Waals surface area contributed by atoms with E-state index in [9.17, 15) is 9.59 Å². The summed E-state index contributed by atoms with van der Waals surface area (Å²) < 4.78 is 4.95. The van der Waals surface area contributed by atoms with E-state index in [-0.39, 0.29) is 17.7 Å². The Morgan fingerprint density at radius 2 is 2.19 bits per heavy atom. The molecular formula is C12H17NO3. The number of aliphatic imine (C=N–C) groups is 1. The van der Waals surface area contributed by atoms with Gasteiger partial charge in [-0.15, -0.1) is 0 Å². The maximum Gasteiger partial charge on any atom is 0.313 e. The van der Waals surface area contributed by atoms with E-state index in [1.165, 1.54) is 6.92 Å². The lowest BCUT2D eigenvalue weighted by atomic mass is 10.0. The summed E-state index contributed by atoms with van der Waals surface area (Å²) >= 11 is 0. The van der Waals surface area contributed by atoms with Crippen LogP contribution in [0, 0.1) is 0 Å². The van der Waals surface area contributed by atoms with Crippen molar-refractivity contribution in [3.05, 3.63) is 12.2 Å². The van der Waals surface area contributed by atoms with Gasteiger partial charge in [0.1, 0.15) is 12.2 Å². The molecule has 0 saturated heterocycles. The lowest BCUT2D eigenvalue weighted by molar-refractivity contribution is -0.145. The summed E-state index contributed by atoms with van der Waals surface area (Å²) in [5.74, 6) is -0.635. The monoisotopic (exact) mass is 223 g/mol. The maximum atomic E-state index is 11.1.